The molecule has 0 bridgehead atoms. The van der Waals surface area contributed by atoms with E-state index >= 15 is 0 Å². The molecule has 0 fully saturated rings. The molecule has 0 saturated carbocycles. The number of rotatable bonds is 0. The summed E-state index contributed by atoms with van der Waals surface area (Å²) in [5.41, 5.74) is 0. The molecule has 0 aliphatic carbocycles. The van der Waals surface area contributed by atoms with Crippen LogP contribution >= 0.6 is 31.9 Å². The normalized spacial score (nSPS) is 11.5. The Labute approximate surface area is 133 Å². The minimum atomic E-state index is 1.14. The summed E-state index contributed by atoms with van der Waals surface area (Å²) in [4.78, 5) is 0. The van der Waals surface area contributed by atoms with Gasteiger partial charge >= 0.3 is 0 Å². The highest BCUT2D eigenvalue weighted by molar-refractivity contribution is 9.11. The molecule has 0 spiro atoms. The van der Waals surface area contributed by atoms with Crippen molar-refractivity contribution in [2.45, 2.75) is 0 Å². The van der Waals surface area contributed by atoms with Crippen LogP contribution in [0, 0.1) is 0 Å². The second kappa shape index (κ2) is 4.57. The van der Waals surface area contributed by atoms with E-state index in [4.69, 9.17) is 0 Å². The standard InChI is InChI=1S/C18H10Br2/c19-16-9-11-10-17(20)13-6-2-4-8-15(13)18(11)14-7-3-1-5-12(14)16/h1-10H. The summed E-state index contributed by atoms with van der Waals surface area (Å²) in [7, 11) is 0. The number of halogens is 2. The third-order valence-electron chi connectivity index (χ3n) is 3.76. The third-order valence-corrected chi connectivity index (χ3v) is 5.07. The van der Waals surface area contributed by atoms with E-state index in [1.807, 2.05) is 0 Å². The molecule has 0 nitrogen and oxygen atoms in total. The molecule has 0 aliphatic rings. The molecule has 0 aliphatic heterocycles. The van der Waals surface area contributed by atoms with Gasteiger partial charge in [-0.2, -0.15) is 0 Å². The van der Waals surface area contributed by atoms with Crippen molar-refractivity contribution in [3.8, 4) is 0 Å². The fourth-order valence-corrected chi connectivity index (χ4v) is 4.07. The Morgan fingerprint density at radius 2 is 0.950 bits per heavy atom. The van der Waals surface area contributed by atoms with Gasteiger partial charge in [0.1, 0.15) is 0 Å². The predicted octanol–water partition coefficient (Wildman–Crippen LogP) is 6.67. The lowest BCUT2D eigenvalue weighted by atomic mass is 9.96. The number of hydrogen-bond donors (Lipinski definition) is 0. The fourth-order valence-electron chi connectivity index (χ4n) is 2.89. The molecule has 0 heterocycles. The van der Waals surface area contributed by atoms with Gasteiger partial charge in [0.15, 0.2) is 0 Å². The van der Waals surface area contributed by atoms with E-state index < -0.39 is 0 Å². The second-order valence-electron chi connectivity index (χ2n) is 4.91. The smallest absolute Gasteiger partial charge is 0.0260 e. The predicted molar refractivity (Wildman–Crippen MR) is 94.4 cm³/mol. The molecule has 0 atom stereocenters. The molecule has 20 heavy (non-hydrogen) atoms. The molecule has 0 radical (unpaired) electrons. The summed E-state index contributed by atoms with van der Waals surface area (Å²) in [6.45, 7) is 0. The SMILES string of the molecule is Brc1cc2cc(Br)c3ccccc3c2c2ccccc12. The van der Waals surface area contributed by atoms with E-state index in [2.05, 4.69) is 92.5 Å². The maximum atomic E-state index is 3.69. The van der Waals surface area contributed by atoms with Crippen molar-refractivity contribution in [3.05, 3.63) is 69.6 Å². The molecule has 0 aromatic heterocycles. The number of hydrogen-bond acceptors (Lipinski definition) is 0. The van der Waals surface area contributed by atoms with Crippen molar-refractivity contribution in [1.82, 2.24) is 0 Å². The van der Waals surface area contributed by atoms with Crippen LogP contribution in [0.2, 0.25) is 0 Å². The summed E-state index contributed by atoms with van der Waals surface area (Å²) in [6.07, 6.45) is 0. The van der Waals surface area contributed by atoms with E-state index in [9.17, 15) is 0 Å². The van der Waals surface area contributed by atoms with Crippen molar-refractivity contribution in [2.75, 3.05) is 0 Å². The van der Waals surface area contributed by atoms with Gasteiger partial charge in [0.2, 0.25) is 0 Å². The molecular formula is C18H10Br2. The average Bonchev–Trinajstić information content (AvgIpc) is 2.47. The van der Waals surface area contributed by atoms with Crippen molar-refractivity contribution in [3.63, 3.8) is 0 Å². The van der Waals surface area contributed by atoms with E-state index in [1.165, 1.54) is 32.3 Å². The lowest BCUT2D eigenvalue weighted by molar-refractivity contribution is 1.73. The molecule has 4 aromatic carbocycles. The highest BCUT2D eigenvalue weighted by Gasteiger charge is 2.09. The van der Waals surface area contributed by atoms with Gasteiger partial charge < -0.3 is 0 Å². The Bertz CT molecular complexity index is 894. The lowest BCUT2D eigenvalue weighted by Gasteiger charge is -2.11. The van der Waals surface area contributed by atoms with Gasteiger partial charge in [-0.3, -0.25) is 0 Å². The minimum Gasteiger partial charge on any atom is -0.0616 e. The summed E-state index contributed by atoms with van der Waals surface area (Å²) >= 11 is 7.38. The van der Waals surface area contributed by atoms with Crippen LogP contribution in [-0.4, -0.2) is 0 Å². The topological polar surface area (TPSA) is 0 Å². The maximum absolute atomic E-state index is 3.69. The Kier molecular flexibility index (Phi) is 2.83. The second-order valence-corrected chi connectivity index (χ2v) is 6.61. The molecular weight excluding hydrogens is 376 g/mol. The van der Waals surface area contributed by atoms with Crippen LogP contribution in [0.5, 0.6) is 0 Å². The van der Waals surface area contributed by atoms with Gasteiger partial charge in [-0.15, -0.1) is 0 Å². The van der Waals surface area contributed by atoms with Crippen molar-refractivity contribution in [2.24, 2.45) is 0 Å². The van der Waals surface area contributed by atoms with Crippen molar-refractivity contribution < 1.29 is 0 Å². The van der Waals surface area contributed by atoms with Crippen LogP contribution in [-0.2, 0) is 0 Å². The van der Waals surface area contributed by atoms with Crippen LogP contribution in [0.25, 0.3) is 32.3 Å². The highest BCUT2D eigenvalue weighted by Crippen LogP contribution is 2.38. The van der Waals surface area contributed by atoms with Crippen molar-refractivity contribution >= 4 is 64.2 Å². The molecule has 0 N–H and O–H groups in total. The van der Waals surface area contributed by atoms with Gasteiger partial charge in [-0.05, 0) is 44.5 Å². The molecule has 96 valence electrons. The molecule has 2 heteroatoms. The summed E-state index contributed by atoms with van der Waals surface area (Å²) in [5, 5.41) is 7.67. The first-order valence-corrected chi connectivity index (χ1v) is 8.02. The van der Waals surface area contributed by atoms with E-state index in [-0.39, 0.29) is 0 Å². The average molecular weight is 386 g/mol. The largest absolute Gasteiger partial charge is 0.0616 e. The molecule has 4 rings (SSSR count). The number of benzene rings is 4. The van der Waals surface area contributed by atoms with Gasteiger partial charge in [0.05, 0.1) is 0 Å². The van der Waals surface area contributed by atoms with Gasteiger partial charge in [0, 0.05) is 8.95 Å². The van der Waals surface area contributed by atoms with Gasteiger partial charge in [-0.1, -0.05) is 80.4 Å². The lowest BCUT2D eigenvalue weighted by Crippen LogP contribution is -1.83. The molecule has 0 amide bonds. The van der Waals surface area contributed by atoms with Crippen LogP contribution in [0.4, 0.5) is 0 Å². The highest BCUT2D eigenvalue weighted by atomic mass is 79.9. The quantitative estimate of drug-likeness (QED) is 0.296. The first-order valence-electron chi connectivity index (χ1n) is 6.44. The van der Waals surface area contributed by atoms with Crippen LogP contribution in [0.1, 0.15) is 0 Å². The maximum Gasteiger partial charge on any atom is 0.0260 e. The van der Waals surface area contributed by atoms with E-state index in [0.717, 1.165) is 8.95 Å². The Hall–Kier alpha value is -1.38. The molecule has 0 unspecified atom stereocenters. The van der Waals surface area contributed by atoms with Gasteiger partial charge in [0.25, 0.3) is 0 Å². The fraction of sp³-hybridized carbons (Fsp3) is 0. The van der Waals surface area contributed by atoms with Crippen LogP contribution in [0.3, 0.4) is 0 Å². The van der Waals surface area contributed by atoms with Crippen molar-refractivity contribution in [1.29, 1.82) is 0 Å². The first kappa shape index (κ1) is 12.4. The zero-order valence-electron chi connectivity index (χ0n) is 10.5. The van der Waals surface area contributed by atoms with E-state index in [1.54, 1.807) is 0 Å². The monoisotopic (exact) mass is 384 g/mol. The van der Waals surface area contributed by atoms with Gasteiger partial charge in [-0.25, -0.2) is 0 Å². The summed E-state index contributed by atoms with van der Waals surface area (Å²) in [5.74, 6) is 0. The zero-order valence-corrected chi connectivity index (χ0v) is 13.7. The molecule has 0 saturated heterocycles. The number of fused-ring (bicyclic) bond motifs is 5. The van der Waals surface area contributed by atoms with Crippen LogP contribution in [0.15, 0.2) is 69.6 Å². The Morgan fingerprint density at radius 3 is 1.40 bits per heavy atom. The van der Waals surface area contributed by atoms with Crippen LogP contribution < -0.4 is 0 Å². The zero-order chi connectivity index (χ0) is 13.7. The summed E-state index contributed by atoms with van der Waals surface area (Å²) < 4.78 is 2.28. The Morgan fingerprint density at radius 1 is 0.550 bits per heavy atom. The minimum absolute atomic E-state index is 1.14. The molecule has 4 aromatic rings. The Balaban J connectivity index is 2.40. The first-order chi connectivity index (χ1) is 9.75. The van der Waals surface area contributed by atoms with E-state index in [0.29, 0.717) is 0 Å². The third kappa shape index (κ3) is 1.72. The summed E-state index contributed by atoms with van der Waals surface area (Å²) in [6, 6.07) is 21.5.